The van der Waals surface area contributed by atoms with E-state index in [2.05, 4.69) is 15.8 Å². The van der Waals surface area contributed by atoms with Gasteiger partial charge in [0.1, 0.15) is 11.6 Å². The highest BCUT2D eigenvalue weighted by Gasteiger charge is 2.09. The van der Waals surface area contributed by atoms with Crippen molar-refractivity contribution < 1.29 is 18.7 Å². The molecular weight excluding hydrogens is 385 g/mol. The largest absolute Gasteiger partial charge is 0.490 e. The SMILES string of the molecule is CC(C)Oc1ccc(Cl)cc1C=NNC(=O)CCC(=O)Nc1ccccc1F. The molecule has 0 saturated carbocycles. The first kappa shape index (κ1) is 21.4. The van der Waals surface area contributed by atoms with Crippen LogP contribution in [0, 0.1) is 5.82 Å². The summed E-state index contributed by atoms with van der Waals surface area (Å²) in [5, 5.41) is 6.80. The van der Waals surface area contributed by atoms with Crippen molar-refractivity contribution in [3.8, 4) is 5.75 Å². The number of amides is 2. The van der Waals surface area contributed by atoms with Crippen LogP contribution in [0.5, 0.6) is 5.75 Å². The lowest BCUT2D eigenvalue weighted by atomic mass is 10.2. The number of nitrogens with zero attached hydrogens (tertiary/aromatic N) is 1. The predicted molar refractivity (Wildman–Crippen MR) is 107 cm³/mol. The van der Waals surface area contributed by atoms with E-state index in [4.69, 9.17) is 16.3 Å². The molecule has 0 aromatic heterocycles. The minimum atomic E-state index is -0.536. The zero-order valence-electron chi connectivity index (χ0n) is 15.5. The molecule has 2 aromatic carbocycles. The monoisotopic (exact) mass is 405 g/mol. The van der Waals surface area contributed by atoms with Crippen molar-refractivity contribution in [2.45, 2.75) is 32.8 Å². The zero-order valence-corrected chi connectivity index (χ0v) is 16.3. The van der Waals surface area contributed by atoms with Gasteiger partial charge in [0, 0.05) is 23.4 Å². The molecule has 2 amide bonds. The van der Waals surface area contributed by atoms with E-state index < -0.39 is 17.6 Å². The number of anilines is 1. The number of carbonyl (C=O) groups is 2. The maximum atomic E-state index is 13.5. The number of para-hydroxylation sites is 1. The number of benzene rings is 2. The van der Waals surface area contributed by atoms with Gasteiger partial charge in [0.05, 0.1) is 18.0 Å². The van der Waals surface area contributed by atoms with Crippen molar-refractivity contribution in [2.24, 2.45) is 5.10 Å². The minimum Gasteiger partial charge on any atom is -0.490 e. The smallest absolute Gasteiger partial charge is 0.240 e. The molecule has 2 aromatic rings. The Morgan fingerprint density at radius 1 is 1.18 bits per heavy atom. The molecule has 2 N–H and O–H groups in total. The predicted octanol–water partition coefficient (Wildman–Crippen LogP) is 4.14. The summed E-state index contributed by atoms with van der Waals surface area (Å²) in [7, 11) is 0. The molecule has 0 unspecified atom stereocenters. The fourth-order valence-electron chi connectivity index (χ4n) is 2.21. The van der Waals surface area contributed by atoms with E-state index in [0.717, 1.165) is 0 Å². The van der Waals surface area contributed by atoms with Gasteiger partial charge in [0.25, 0.3) is 0 Å². The number of nitrogens with one attached hydrogen (secondary N) is 2. The van der Waals surface area contributed by atoms with Crippen LogP contribution in [0.3, 0.4) is 0 Å². The molecule has 0 heterocycles. The molecule has 28 heavy (non-hydrogen) atoms. The number of hydrogen-bond acceptors (Lipinski definition) is 4. The summed E-state index contributed by atoms with van der Waals surface area (Å²) in [4.78, 5) is 23.7. The van der Waals surface area contributed by atoms with Gasteiger partial charge in [0.2, 0.25) is 11.8 Å². The third-order valence-corrected chi connectivity index (χ3v) is 3.69. The Labute approximate surface area is 167 Å². The molecule has 0 atom stereocenters. The van der Waals surface area contributed by atoms with Gasteiger partial charge in [0.15, 0.2) is 0 Å². The van der Waals surface area contributed by atoms with Crippen LogP contribution in [0.2, 0.25) is 5.02 Å². The van der Waals surface area contributed by atoms with Gasteiger partial charge < -0.3 is 10.1 Å². The number of hydrazone groups is 1. The van der Waals surface area contributed by atoms with Crippen LogP contribution < -0.4 is 15.5 Å². The second kappa shape index (κ2) is 10.4. The Morgan fingerprint density at radius 3 is 2.61 bits per heavy atom. The number of halogens is 2. The van der Waals surface area contributed by atoms with E-state index in [-0.39, 0.29) is 24.6 Å². The molecule has 0 fully saturated rings. The van der Waals surface area contributed by atoms with Crippen LogP contribution in [0.1, 0.15) is 32.3 Å². The first-order chi connectivity index (χ1) is 13.3. The Balaban J connectivity index is 1.84. The average molecular weight is 406 g/mol. The van der Waals surface area contributed by atoms with Crippen LogP contribution in [-0.4, -0.2) is 24.1 Å². The van der Waals surface area contributed by atoms with Crippen molar-refractivity contribution >= 4 is 35.3 Å². The highest BCUT2D eigenvalue weighted by molar-refractivity contribution is 6.30. The summed E-state index contributed by atoms with van der Waals surface area (Å²) in [6.07, 6.45) is 1.19. The highest BCUT2D eigenvalue weighted by Crippen LogP contribution is 2.22. The van der Waals surface area contributed by atoms with E-state index >= 15 is 0 Å². The second-order valence-electron chi connectivity index (χ2n) is 6.17. The summed E-state index contributed by atoms with van der Waals surface area (Å²) >= 11 is 5.98. The van der Waals surface area contributed by atoms with Crippen molar-refractivity contribution in [1.29, 1.82) is 0 Å². The molecule has 0 radical (unpaired) electrons. The summed E-state index contributed by atoms with van der Waals surface area (Å²) in [6, 6.07) is 10.9. The lowest BCUT2D eigenvalue weighted by molar-refractivity contribution is -0.124. The van der Waals surface area contributed by atoms with Crippen LogP contribution in [0.15, 0.2) is 47.6 Å². The number of rotatable bonds is 8. The lowest BCUT2D eigenvalue weighted by Gasteiger charge is -2.12. The third kappa shape index (κ3) is 7.00. The molecule has 2 rings (SSSR count). The van der Waals surface area contributed by atoms with Gasteiger partial charge in [-0.15, -0.1) is 0 Å². The molecule has 6 nitrogen and oxygen atoms in total. The summed E-state index contributed by atoms with van der Waals surface area (Å²) in [5.74, 6) is -0.868. The highest BCUT2D eigenvalue weighted by atomic mass is 35.5. The Bertz CT molecular complexity index is 872. The molecule has 8 heteroatoms. The van der Waals surface area contributed by atoms with Gasteiger partial charge in [-0.25, -0.2) is 9.82 Å². The Hall–Kier alpha value is -2.93. The van der Waals surface area contributed by atoms with Crippen LogP contribution in [0.25, 0.3) is 0 Å². The number of ether oxygens (including phenoxy) is 1. The van der Waals surface area contributed by atoms with Gasteiger partial charge in [-0.1, -0.05) is 23.7 Å². The van der Waals surface area contributed by atoms with Crippen molar-refractivity contribution in [3.05, 3.63) is 58.9 Å². The van der Waals surface area contributed by atoms with E-state index in [1.807, 2.05) is 13.8 Å². The molecule has 0 aliphatic heterocycles. The maximum Gasteiger partial charge on any atom is 0.240 e. The van der Waals surface area contributed by atoms with Gasteiger partial charge in [-0.3, -0.25) is 9.59 Å². The Morgan fingerprint density at radius 2 is 1.89 bits per heavy atom. The van der Waals surface area contributed by atoms with Crippen molar-refractivity contribution in [1.82, 2.24) is 5.43 Å². The Kier molecular flexibility index (Phi) is 7.95. The van der Waals surface area contributed by atoms with Crippen LogP contribution in [-0.2, 0) is 9.59 Å². The quantitative estimate of drug-likeness (QED) is 0.511. The standard InChI is InChI=1S/C20H21ClFN3O3/c1-13(2)28-18-8-7-15(21)11-14(18)12-23-25-20(27)10-9-19(26)24-17-6-4-3-5-16(17)22/h3-8,11-13H,9-10H2,1-2H3,(H,24,26)(H,25,27). The molecule has 148 valence electrons. The average Bonchev–Trinajstić information content (AvgIpc) is 2.64. The zero-order chi connectivity index (χ0) is 20.5. The van der Waals surface area contributed by atoms with E-state index in [1.165, 1.54) is 24.4 Å². The number of hydrogen-bond donors (Lipinski definition) is 2. The van der Waals surface area contributed by atoms with E-state index in [1.54, 1.807) is 24.3 Å². The normalized spacial score (nSPS) is 10.9. The fraction of sp³-hybridized carbons (Fsp3) is 0.250. The molecule has 0 aliphatic rings. The molecule has 0 aliphatic carbocycles. The van der Waals surface area contributed by atoms with Crippen LogP contribution >= 0.6 is 11.6 Å². The second-order valence-corrected chi connectivity index (χ2v) is 6.61. The summed E-state index contributed by atoms with van der Waals surface area (Å²) < 4.78 is 19.1. The van der Waals surface area contributed by atoms with Crippen LogP contribution in [0.4, 0.5) is 10.1 Å². The fourth-order valence-corrected chi connectivity index (χ4v) is 2.39. The first-order valence-electron chi connectivity index (χ1n) is 8.67. The van der Waals surface area contributed by atoms with Crippen molar-refractivity contribution in [2.75, 3.05) is 5.32 Å². The summed E-state index contributed by atoms with van der Waals surface area (Å²) in [6.45, 7) is 3.79. The maximum absolute atomic E-state index is 13.5. The molecule has 0 bridgehead atoms. The lowest BCUT2D eigenvalue weighted by Crippen LogP contribution is -2.21. The molecular formula is C20H21ClFN3O3. The molecule has 0 saturated heterocycles. The minimum absolute atomic E-state index is 0.0316. The molecule has 0 spiro atoms. The van der Waals surface area contributed by atoms with E-state index in [0.29, 0.717) is 16.3 Å². The van der Waals surface area contributed by atoms with Gasteiger partial charge >= 0.3 is 0 Å². The van der Waals surface area contributed by atoms with Crippen molar-refractivity contribution in [3.63, 3.8) is 0 Å². The van der Waals surface area contributed by atoms with Gasteiger partial charge in [-0.05, 0) is 44.2 Å². The summed E-state index contributed by atoms with van der Waals surface area (Å²) in [5.41, 5.74) is 3.02. The van der Waals surface area contributed by atoms with Gasteiger partial charge in [-0.2, -0.15) is 5.10 Å². The third-order valence-electron chi connectivity index (χ3n) is 3.45. The first-order valence-corrected chi connectivity index (χ1v) is 9.05. The van der Waals surface area contributed by atoms with E-state index in [9.17, 15) is 14.0 Å². The topological polar surface area (TPSA) is 79.8 Å². The number of carbonyl (C=O) groups excluding carboxylic acids is 2.